The first-order chi connectivity index (χ1) is 10.7. The zero-order chi connectivity index (χ0) is 15.5. The maximum Gasteiger partial charge on any atom is 0.326 e. The van der Waals surface area contributed by atoms with Gasteiger partial charge >= 0.3 is 12.1 Å². The molecule has 4 amide bonds. The topological polar surface area (TPSA) is 61.4 Å². The molecule has 3 rings (SSSR count). The summed E-state index contributed by atoms with van der Waals surface area (Å²) in [4.78, 5) is 26.0. The summed E-state index contributed by atoms with van der Waals surface area (Å²) in [7, 11) is 0. The summed E-state index contributed by atoms with van der Waals surface area (Å²) in [5.74, 6) is 0. The molecule has 1 heterocycles. The molecule has 2 aliphatic rings. The van der Waals surface area contributed by atoms with E-state index in [1.807, 2.05) is 37.3 Å². The molecule has 0 aromatic heterocycles. The Morgan fingerprint density at radius 2 is 1.86 bits per heavy atom. The van der Waals surface area contributed by atoms with Gasteiger partial charge in [-0.05, 0) is 25.3 Å². The van der Waals surface area contributed by atoms with Crippen LogP contribution in [-0.4, -0.2) is 29.0 Å². The molecule has 118 valence electrons. The first-order valence-corrected chi connectivity index (χ1v) is 8.12. The minimum atomic E-state index is -0.310. The van der Waals surface area contributed by atoms with Gasteiger partial charge in [0.2, 0.25) is 0 Å². The molecule has 1 aliphatic heterocycles. The summed E-state index contributed by atoms with van der Waals surface area (Å²) in [6, 6.07) is 9.07. The fourth-order valence-corrected chi connectivity index (χ4v) is 3.45. The molecule has 5 heteroatoms. The van der Waals surface area contributed by atoms with E-state index in [1.165, 1.54) is 11.3 Å². The highest BCUT2D eigenvalue weighted by atomic mass is 16.2. The number of hydrogen-bond donors (Lipinski definition) is 2. The van der Waals surface area contributed by atoms with Crippen LogP contribution in [0.3, 0.4) is 0 Å². The molecule has 0 bridgehead atoms. The fraction of sp³-hybridized carbons (Fsp3) is 0.529. The van der Waals surface area contributed by atoms with E-state index in [1.54, 1.807) is 0 Å². The van der Waals surface area contributed by atoms with Crippen molar-refractivity contribution in [2.75, 3.05) is 0 Å². The van der Waals surface area contributed by atoms with Crippen LogP contribution < -0.4 is 10.6 Å². The standard InChI is InChI=1S/C17H23N3O2/c1-12-15(13-8-4-2-5-9-13)19-17(22)20(12)16(21)18-14-10-6-3-7-11-14/h2,4-5,8-9,12,14-15H,3,6-7,10-11H2,1H3,(H,18,21)(H,19,22)/t12-,15+/m1/s1. The van der Waals surface area contributed by atoms with Crippen LogP contribution in [0.1, 0.15) is 50.6 Å². The molecule has 0 unspecified atom stereocenters. The Hall–Kier alpha value is -2.04. The van der Waals surface area contributed by atoms with Crippen LogP contribution in [0.2, 0.25) is 0 Å². The molecule has 5 nitrogen and oxygen atoms in total. The molecule has 2 fully saturated rings. The summed E-state index contributed by atoms with van der Waals surface area (Å²) < 4.78 is 0. The van der Waals surface area contributed by atoms with Crippen molar-refractivity contribution in [2.24, 2.45) is 0 Å². The molecule has 22 heavy (non-hydrogen) atoms. The number of rotatable bonds is 2. The number of carbonyl (C=O) groups is 2. The van der Waals surface area contributed by atoms with E-state index >= 15 is 0 Å². The molecule has 1 aliphatic carbocycles. The van der Waals surface area contributed by atoms with Gasteiger partial charge in [-0.2, -0.15) is 0 Å². The van der Waals surface area contributed by atoms with Crippen molar-refractivity contribution in [1.29, 1.82) is 0 Å². The predicted octanol–water partition coefficient (Wildman–Crippen LogP) is 3.18. The minimum Gasteiger partial charge on any atom is -0.335 e. The first kappa shape index (κ1) is 14.9. The second kappa shape index (κ2) is 6.38. The molecular formula is C17H23N3O2. The lowest BCUT2D eigenvalue weighted by atomic mass is 9.95. The van der Waals surface area contributed by atoms with Gasteiger partial charge in [0, 0.05) is 6.04 Å². The van der Waals surface area contributed by atoms with Crippen LogP contribution in [0.5, 0.6) is 0 Å². The molecule has 1 aromatic carbocycles. The smallest absolute Gasteiger partial charge is 0.326 e. The van der Waals surface area contributed by atoms with E-state index in [-0.39, 0.29) is 30.2 Å². The van der Waals surface area contributed by atoms with Gasteiger partial charge < -0.3 is 10.6 Å². The number of nitrogens with zero attached hydrogens (tertiary/aromatic N) is 1. The normalized spacial score (nSPS) is 25.9. The van der Waals surface area contributed by atoms with E-state index in [9.17, 15) is 9.59 Å². The number of amides is 4. The van der Waals surface area contributed by atoms with Crippen LogP contribution in [-0.2, 0) is 0 Å². The van der Waals surface area contributed by atoms with Crippen molar-refractivity contribution in [1.82, 2.24) is 15.5 Å². The van der Waals surface area contributed by atoms with Crippen LogP contribution in [0.25, 0.3) is 0 Å². The monoisotopic (exact) mass is 301 g/mol. The molecule has 0 radical (unpaired) electrons. The average molecular weight is 301 g/mol. The largest absolute Gasteiger partial charge is 0.335 e. The van der Waals surface area contributed by atoms with Crippen LogP contribution in [0, 0.1) is 0 Å². The molecule has 2 N–H and O–H groups in total. The Morgan fingerprint density at radius 3 is 2.55 bits per heavy atom. The molecule has 1 aromatic rings. The fourth-order valence-electron chi connectivity index (χ4n) is 3.45. The van der Waals surface area contributed by atoms with Crippen LogP contribution in [0.4, 0.5) is 9.59 Å². The van der Waals surface area contributed by atoms with Crippen molar-refractivity contribution < 1.29 is 9.59 Å². The highest BCUT2D eigenvalue weighted by Gasteiger charge is 2.41. The van der Waals surface area contributed by atoms with Gasteiger partial charge in [0.15, 0.2) is 0 Å². The zero-order valence-corrected chi connectivity index (χ0v) is 12.9. The lowest BCUT2D eigenvalue weighted by molar-refractivity contribution is 0.183. The highest BCUT2D eigenvalue weighted by Crippen LogP contribution is 2.27. The number of urea groups is 2. The number of benzene rings is 1. The molecule has 1 saturated heterocycles. The summed E-state index contributed by atoms with van der Waals surface area (Å²) in [5, 5.41) is 5.93. The minimum absolute atomic E-state index is 0.147. The number of carbonyl (C=O) groups excluding carboxylic acids is 2. The van der Waals surface area contributed by atoms with Crippen molar-refractivity contribution in [2.45, 2.75) is 57.2 Å². The van der Waals surface area contributed by atoms with E-state index < -0.39 is 0 Å². The number of imide groups is 1. The third kappa shape index (κ3) is 2.93. The van der Waals surface area contributed by atoms with Gasteiger partial charge in [-0.15, -0.1) is 0 Å². The zero-order valence-electron chi connectivity index (χ0n) is 12.9. The van der Waals surface area contributed by atoms with Gasteiger partial charge in [-0.3, -0.25) is 0 Å². The van der Waals surface area contributed by atoms with Crippen molar-refractivity contribution in [3.05, 3.63) is 35.9 Å². The summed E-state index contributed by atoms with van der Waals surface area (Å²) in [6.45, 7) is 1.91. The SMILES string of the molecule is C[C@@H]1[C@@H](c2ccccc2)NC(=O)N1C(=O)NC1CCCCC1. The van der Waals surface area contributed by atoms with Crippen molar-refractivity contribution in [3.63, 3.8) is 0 Å². The van der Waals surface area contributed by atoms with Crippen molar-refractivity contribution >= 4 is 12.1 Å². The molecular weight excluding hydrogens is 278 g/mol. The number of nitrogens with one attached hydrogen (secondary N) is 2. The van der Waals surface area contributed by atoms with Gasteiger partial charge in [0.05, 0.1) is 12.1 Å². The predicted molar refractivity (Wildman–Crippen MR) is 84.4 cm³/mol. The Balaban J connectivity index is 1.68. The summed E-state index contributed by atoms with van der Waals surface area (Å²) in [5.41, 5.74) is 1.02. The maximum atomic E-state index is 12.5. The second-order valence-electron chi connectivity index (χ2n) is 6.23. The Morgan fingerprint density at radius 1 is 1.18 bits per heavy atom. The van der Waals surface area contributed by atoms with E-state index in [0.29, 0.717) is 0 Å². The van der Waals surface area contributed by atoms with E-state index in [2.05, 4.69) is 10.6 Å². The maximum absolute atomic E-state index is 12.5. The lowest BCUT2D eigenvalue weighted by Gasteiger charge is -2.27. The molecule has 2 atom stereocenters. The Bertz CT molecular complexity index is 540. The van der Waals surface area contributed by atoms with Gasteiger partial charge in [0.1, 0.15) is 0 Å². The third-order valence-electron chi connectivity index (χ3n) is 4.70. The van der Waals surface area contributed by atoms with Gasteiger partial charge in [-0.25, -0.2) is 14.5 Å². The Kier molecular flexibility index (Phi) is 4.32. The van der Waals surface area contributed by atoms with E-state index in [0.717, 1.165) is 31.2 Å². The van der Waals surface area contributed by atoms with Crippen LogP contribution >= 0.6 is 0 Å². The summed E-state index contributed by atoms with van der Waals surface area (Å²) in [6.07, 6.45) is 5.57. The van der Waals surface area contributed by atoms with Gasteiger partial charge in [-0.1, -0.05) is 49.6 Å². The Labute approximate surface area is 131 Å². The third-order valence-corrected chi connectivity index (χ3v) is 4.70. The van der Waals surface area contributed by atoms with E-state index in [4.69, 9.17) is 0 Å². The molecule has 1 saturated carbocycles. The first-order valence-electron chi connectivity index (χ1n) is 8.12. The second-order valence-corrected chi connectivity index (χ2v) is 6.23. The van der Waals surface area contributed by atoms with Crippen LogP contribution in [0.15, 0.2) is 30.3 Å². The highest BCUT2D eigenvalue weighted by molar-refractivity contribution is 5.96. The van der Waals surface area contributed by atoms with Gasteiger partial charge in [0.25, 0.3) is 0 Å². The summed E-state index contributed by atoms with van der Waals surface area (Å²) >= 11 is 0. The number of hydrogen-bond acceptors (Lipinski definition) is 2. The average Bonchev–Trinajstić information content (AvgIpc) is 2.84. The van der Waals surface area contributed by atoms with Crippen molar-refractivity contribution in [3.8, 4) is 0 Å². The molecule has 0 spiro atoms. The lowest BCUT2D eigenvalue weighted by Crippen LogP contribution is -2.49. The quantitative estimate of drug-likeness (QED) is 0.881.